The second-order valence-electron chi connectivity index (χ2n) is 6.08. The van der Waals surface area contributed by atoms with Crippen molar-refractivity contribution in [2.24, 2.45) is 0 Å². The molecule has 116 valence electrons. The third-order valence-corrected chi connectivity index (χ3v) is 5.68. The molecule has 0 aliphatic carbocycles. The SMILES string of the molecule is CC(=O)Nc1cccc(C(C)NC2(C)CCS(=O)(=O)C2)c1. The molecule has 2 unspecified atom stereocenters. The highest BCUT2D eigenvalue weighted by molar-refractivity contribution is 7.91. The molecular formula is C15H22N2O3S. The van der Waals surface area contributed by atoms with Crippen molar-refractivity contribution in [3.63, 3.8) is 0 Å². The predicted octanol–water partition coefficient (Wildman–Crippen LogP) is 1.87. The normalized spacial score (nSPS) is 25.5. The van der Waals surface area contributed by atoms with Crippen LogP contribution in [0.15, 0.2) is 24.3 Å². The molecule has 2 atom stereocenters. The molecule has 0 aromatic heterocycles. The van der Waals surface area contributed by atoms with Gasteiger partial charge in [-0.2, -0.15) is 0 Å². The van der Waals surface area contributed by atoms with Crippen LogP contribution in [0.5, 0.6) is 0 Å². The van der Waals surface area contributed by atoms with E-state index in [2.05, 4.69) is 10.6 Å². The zero-order valence-corrected chi connectivity index (χ0v) is 13.5. The second-order valence-corrected chi connectivity index (χ2v) is 8.26. The fourth-order valence-corrected chi connectivity index (χ4v) is 4.92. The van der Waals surface area contributed by atoms with Crippen molar-refractivity contribution in [1.82, 2.24) is 5.32 Å². The fraction of sp³-hybridized carbons (Fsp3) is 0.533. The van der Waals surface area contributed by atoms with Crippen LogP contribution in [0.2, 0.25) is 0 Å². The lowest BCUT2D eigenvalue weighted by atomic mass is 9.98. The molecular weight excluding hydrogens is 288 g/mol. The number of sulfone groups is 1. The van der Waals surface area contributed by atoms with E-state index in [0.29, 0.717) is 6.42 Å². The minimum Gasteiger partial charge on any atom is -0.326 e. The molecule has 1 aromatic carbocycles. The number of anilines is 1. The van der Waals surface area contributed by atoms with Crippen molar-refractivity contribution < 1.29 is 13.2 Å². The van der Waals surface area contributed by atoms with Crippen molar-refractivity contribution >= 4 is 21.4 Å². The predicted molar refractivity (Wildman–Crippen MR) is 84.0 cm³/mol. The summed E-state index contributed by atoms with van der Waals surface area (Å²) in [6, 6.07) is 7.60. The van der Waals surface area contributed by atoms with Gasteiger partial charge in [0.2, 0.25) is 5.91 Å². The van der Waals surface area contributed by atoms with Gasteiger partial charge in [-0.3, -0.25) is 4.79 Å². The zero-order valence-electron chi connectivity index (χ0n) is 12.6. The molecule has 1 fully saturated rings. The zero-order chi connectivity index (χ0) is 15.7. The molecule has 21 heavy (non-hydrogen) atoms. The monoisotopic (exact) mass is 310 g/mol. The van der Waals surface area contributed by atoms with E-state index in [9.17, 15) is 13.2 Å². The summed E-state index contributed by atoms with van der Waals surface area (Å²) in [5.74, 6) is 0.312. The van der Waals surface area contributed by atoms with Crippen LogP contribution in [-0.2, 0) is 14.6 Å². The Morgan fingerprint density at radius 1 is 1.38 bits per heavy atom. The summed E-state index contributed by atoms with van der Waals surface area (Å²) >= 11 is 0. The molecule has 5 nitrogen and oxygen atoms in total. The van der Waals surface area contributed by atoms with Gasteiger partial charge in [-0.05, 0) is 38.0 Å². The van der Waals surface area contributed by atoms with Crippen LogP contribution in [0.1, 0.15) is 38.8 Å². The van der Waals surface area contributed by atoms with Crippen molar-refractivity contribution in [3.8, 4) is 0 Å². The Kier molecular flexibility index (Phi) is 4.39. The minimum atomic E-state index is -2.93. The number of amides is 1. The van der Waals surface area contributed by atoms with Crippen molar-refractivity contribution in [2.45, 2.75) is 38.8 Å². The quantitative estimate of drug-likeness (QED) is 0.890. The van der Waals surface area contributed by atoms with Gasteiger partial charge < -0.3 is 10.6 Å². The summed E-state index contributed by atoms with van der Waals surface area (Å²) in [4.78, 5) is 11.1. The maximum atomic E-state index is 11.7. The van der Waals surface area contributed by atoms with Crippen LogP contribution in [0.3, 0.4) is 0 Å². The summed E-state index contributed by atoms with van der Waals surface area (Å²) in [7, 11) is -2.93. The first-order valence-corrected chi connectivity index (χ1v) is 8.87. The first-order valence-electron chi connectivity index (χ1n) is 7.05. The highest BCUT2D eigenvalue weighted by atomic mass is 32.2. The van der Waals surface area contributed by atoms with Crippen molar-refractivity contribution in [3.05, 3.63) is 29.8 Å². The van der Waals surface area contributed by atoms with Crippen molar-refractivity contribution in [2.75, 3.05) is 16.8 Å². The molecule has 0 spiro atoms. The molecule has 0 radical (unpaired) electrons. The Bertz CT molecular complexity index is 642. The van der Waals surface area contributed by atoms with Gasteiger partial charge in [-0.15, -0.1) is 0 Å². The largest absolute Gasteiger partial charge is 0.326 e. The maximum Gasteiger partial charge on any atom is 0.221 e. The molecule has 0 saturated carbocycles. The van der Waals surface area contributed by atoms with Gasteiger partial charge in [0.05, 0.1) is 11.5 Å². The fourth-order valence-electron chi connectivity index (χ4n) is 2.82. The Labute approximate surface area is 126 Å². The van der Waals surface area contributed by atoms with E-state index in [1.807, 2.05) is 38.1 Å². The van der Waals surface area contributed by atoms with Crippen LogP contribution >= 0.6 is 0 Å². The van der Waals surface area contributed by atoms with Gasteiger partial charge >= 0.3 is 0 Å². The highest BCUT2D eigenvalue weighted by Crippen LogP contribution is 2.27. The van der Waals surface area contributed by atoms with Gasteiger partial charge in [0.1, 0.15) is 0 Å². The first kappa shape index (κ1) is 16.0. The smallest absolute Gasteiger partial charge is 0.221 e. The molecule has 0 bridgehead atoms. The number of rotatable bonds is 4. The molecule has 1 heterocycles. The molecule has 6 heteroatoms. The molecule has 1 saturated heterocycles. The summed E-state index contributed by atoms with van der Waals surface area (Å²) in [6.45, 7) is 5.42. The van der Waals surface area contributed by atoms with Crippen LogP contribution in [0.4, 0.5) is 5.69 Å². The molecule has 1 aliphatic heterocycles. The molecule has 2 rings (SSSR count). The van der Waals surface area contributed by atoms with Gasteiger partial charge in [0.25, 0.3) is 0 Å². The Balaban J connectivity index is 2.10. The molecule has 1 amide bonds. The van der Waals surface area contributed by atoms with E-state index in [4.69, 9.17) is 0 Å². The number of hydrogen-bond acceptors (Lipinski definition) is 4. The number of nitrogens with one attached hydrogen (secondary N) is 2. The molecule has 2 N–H and O–H groups in total. The van der Waals surface area contributed by atoms with Crippen LogP contribution < -0.4 is 10.6 Å². The summed E-state index contributed by atoms with van der Waals surface area (Å²) in [5, 5.41) is 6.17. The first-order chi connectivity index (χ1) is 9.69. The minimum absolute atomic E-state index is 0.0111. The topological polar surface area (TPSA) is 75.3 Å². The van der Waals surface area contributed by atoms with Crippen LogP contribution in [0.25, 0.3) is 0 Å². The highest BCUT2D eigenvalue weighted by Gasteiger charge is 2.38. The third-order valence-electron chi connectivity index (χ3n) is 3.78. The third kappa shape index (κ3) is 4.28. The lowest BCUT2D eigenvalue weighted by molar-refractivity contribution is -0.114. The van der Waals surface area contributed by atoms with E-state index < -0.39 is 9.84 Å². The lowest BCUT2D eigenvalue weighted by Crippen LogP contribution is -2.44. The Hall–Kier alpha value is -1.40. The van der Waals surface area contributed by atoms with Crippen LogP contribution in [0, 0.1) is 0 Å². The van der Waals surface area contributed by atoms with Crippen molar-refractivity contribution in [1.29, 1.82) is 0 Å². The average molecular weight is 310 g/mol. The van der Waals surface area contributed by atoms with Gasteiger partial charge in [0, 0.05) is 24.2 Å². The Morgan fingerprint density at radius 2 is 2.10 bits per heavy atom. The summed E-state index contributed by atoms with van der Waals surface area (Å²) < 4.78 is 23.3. The number of hydrogen-bond donors (Lipinski definition) is 2. The summed E-state index contributed by atoms with van der Waals surface area (Å²) in [5.41, 5.74) is 1.38. The van der Waals surface area contributed by atoms with Gasteiger partial charge in [0.15, 0.2) is 9.84 Å². The van der Waals surface area contributed by atoms with E-state index in [0.717, 1.165) is 11.3 Å². The molecule has 1 aliphatic rings. The van der Waals surface area contributed by atoms with Gasteiger partial charge in [-0.25, -0.2) is 8.42 Å². The number of carbonyl (C=O) groups is 1. The average Bonchev–Trinajstić information content (AvgIpc) is 2.62. The number of carbonyl (C=O) groups excluding carboxylic acids is 1. The Morgan fingerprint density at radius 3 is 2.67 bits per heavy atom. The molecule has 1 aromatic rings. The van der Waals surface area contributed by atoms with E-state index in [1.165, 1.54) is 6.92 Å². The van der Waals surface area contributed by atoms with E-state index in [-0.39, 0.29) is 29.0 Å². The maximum absolute atomic E-state index is 11.7. The second kappa shape index (κ2) is 5.77. The van der Waals surface area contributed by atoms with Gasteiger partial charge in [-0.1, -0.05) is 12.1 Å². The van der Waals surface area contributed by atoms with E-state index >= 15 is 0 Å². The van der Waals surface area contributed by atoms with E-state index in [1.54, 1.807) is 0 Å². The summed E-state index contributed by atoms with van der Waals surface area (Å²) in [6.07, 6.45) is 0.630. The number of benzene rings is 1. The van der Waals surface area contributed by atoms with Crippen LogP contribution in [-0.4, -0.2) is 31.4 Å². The lowest BCUT2D eigenvalue weighted by Gasteiger charge is -2.29. The standard InChI is InChI=1S/C15H22N2O3S/c1-11(17-15(3)7-8-21(19,20)10-15)13-5-4-6-14(9-13)16-12(2)18/h4-6,9,11,17H,7-8,10H2,1-3H3,(H,16,18).